The first-order valence-corrected chi connectivity index (χ1v) is 19.8. The maximum Gasteiger partial charge on any atom is 0.269 e. The number of phenols is 1. The normalized spacial score (nSPS) is 25.5. The number of halogens is 1. The van der Waals surface area contributed by atoms with Gasteiger partial charge in [-0.3, -0.25) is 38.9 Å². The number of non-ortho nitro benzene ring substituents is 1. The number of allylic oxidation sites excluding steroid dienone is 3. The van der Waals surface area contributed by atoms with Gasteiger partial charge in [-0.2, -0.15) is 5.10 Å². The third-order valence-corrected chi connectivity index (χ3v) is 14.2. The molecule has 6 atom stereocenters. The van der Waals surface area contributed by atoms with E-state index >= 15 is 4.79 Å². The number of nitrogens with zero attached hydrogens (tertiary/aromatic N) is 5. The molecule has 9 rings (SSSR count). The zero-order valence-corrected chi connectivity index (χ0v) is 32.7. The summed E-state index contributed by atoms with van der Waals surface area (Å²) in [5.41, 5.74) is 1.99. The van der Waals surface area contributed by atoms with Gasteiger partial charge in [-0.05, 0) is 85.9 Å². The number of carbonyl (C=O) groups is 4. The summed E-state index contributed by atoms with van der Waals surface area (Å²) in [5.74, 6) is -5.50. The van der Waals surface area contributed by atoms with E-state index in [-0.39, 0.29) is 30.0 Å². The highest BCUT2D eigenvalue weighted by molar-refractivity contribution is 7.22. The summed E-state index contributed by atoms with van der Waals surface area (Å²) in [6, 6.07) is 18.0. The van der Waals surface area contributed by atoms with Crippen LogP contribution in [0.1, 0.15) is 42.4 Å². The summed E-state index contributed by atoms with van der Waals surface area (Å²) in [5, 5.41) is 29.6. The molecule has 4 aliphatic rings. The van der Waals surface area contributed by atoms with Gasteiger partial charge in [0.1, 0.15) is 17.3 Å². The van der Waals surface area contributed by atoms with Crippen LogP contribution in [0.5, 0.6) is 5.75 Å². The molecule has 288 valence electrons. The number of imide groups is 2. The van der Waals surface area contributed by atoms with Gasteiger partial charge >= 0.3 is 0 Å². The first-order chi connectivity index (χ1) is 27.3. The van der Waals surface area contributed by atoms with Crippen LogP contribution in [0.3, 0.4) is 0 Å². The Bertz CT molecular complexity index is 2660. The van der Waals surface area contributed by atoms with Gasteiger partial charge in [-0.15, -0.1) is 17.9 Å². The number of aromatic nitrogens is 2. The Kier molecular flexibility index (Phi) is 8.41. The van der Waals surface area contributed by atoms with Crippen molar-refractivity contribution < 1.29 is 29.2 Å². The van der Waals surface area contributed by atoms with Crippen molar-refractivity contribution in [3.05, 3.63) is 123 Å². The Labute approximate surface area is 335 Å². The average molecular weight is 802 g/mol. The number of nitro groups is 1. The highest BCUT2D eigenvalue weighted by Crippen LogP contribution is 2.64. The van der Waals surface area contributed by atoms with Gasteiger partial charge in [0, 0.05) is 46.5 Å². The van der Waals surface area contributed by atoms with Crippen LogP contribution in [0.25, 0.3) is 20.7 Å². The lowest BCUT2D eigenvalue weighted by molar-refractivity contribution is -0.384. The van der Waals surface area contributed by atoms with E-state index in [0.29, 0.717) is 34.1 Å². The number of aromatic hydroxyl groups is 1. The summed E-state index contributed by atoms with van der Waals surface area (Å²) < 4.78 is 2.55. The number of carbonyl (C=O) groups excluding carboxylic acids is 4. The molecule has 3 fully saturated rings. The molecule has 0 spiro atoms. The van der Waals surface area contributed by atoms with E-state index in [9.17, 15) is 29.6 Å². The number of hydrogen-bond acceptors (Lipinski definition) is 9. The molecule has 0 radical (unpaired) electrons. The highest BCUT2D eigenvalue weighted by Gasteiger charge is 2.68. The van der Waals surface area contributed by atoms with Gasteiger partial charge in [0.15, 0.2) is 0 Å². The number of anilines is 2. The van der Waals surface area contributed by atoms with Crippen molar-refractivity contribution in [3.8, 4) is 16.3 Å². The molecule has 4 amide bonds. The first kappa shape index (κ1) is 36.7. The SMILES string of the molecule is C=CCc1cccc(C2C3=CCC4C(=O)N(c5ccc([N+](=O)[O-])cc5)C(=O)C4C3CC3C(=O)N(c4cc(-c5sc6ccc(Cl)cc6c5C)nn4C)C(=O)C32C)c1O. The van der Waals surface area contributed by atoms with E-state index in [2.05, 4.69) is 6.58 Å². The molecule has 12 nitrogen and oxygen atoms in total. The minimum Gasteiger partial charge on any atom is -0.507 e. The summed E-state index contributed by atoms with van der Waals surface area (Å²) in [7, 11) is 1.69. The van der Waals surface area contributed by atoms with Crippen molar-refractivity contribution in [3.63, 3.8) is 0 Å². The predicted octanol–water partition coefficient (Wildman–Crippen LogP) is 8.04. The number of nitro benzene ring substituents is 1. The third-order valence-electron chi connectivity index (χ3n) is 12.6. The van der Waals surface area contributed by atoms with Crippen LogP contribution >= 0.6 is 22.9 Å². The number of para-hydroxylation sites is 1. The predicted molar refractivity (Wildman–Crippen MR) is 216 cm³/mol. The molecular formula is C43H36ClN5O7S. The molecule has 2 saturated heterocycles. The van der Waals surface area contributed by atoms with Crippen molar-refractivity contribution in [2.45, 2.75) is 39.0 Å². The number of thiophene rings is 1. The monoisotopic (exact) mass is 801 g/mol. The lowest BCUT2D eigenvalue weighted by Crippen LogP contribution is -2.49. The molecule has 0 bridgehead atoms. The zero-order chi connectivity index (χ0) is 40.2. The maximum atomic E-state index is 15.2. The molecule has 3 aromatic carbocycles. The van der Waals surface area contributed by atoms with Crippen molar-refractivity contribution >= 4 is 73.8 Å². The lowest BCUT2D eigenvalue weighted by atomic mass is 9.51. The fourth-order valence-corrected chi connectivity index (χ4v) is 11.3. The number of phenolic OH excluding ortho intramolecular Hbond substituents is 1. The molecule has 57 heavy (non-hydrogen) atoms. The molecule has 2 aliphatic heterocycles. The Morgan fingerprint density at radius 1 is 1.04 bits per heavy atom. The third kappa shape index (κ3) is 5.21. The number of hydrogen-bond donors (Lipinski definition) is 1. The van der Waals surface area contributed by atoms with Gasteiger partial charge in [-0.25, -0.2) is 4.90 Å². The zero-order valence-electron chi connectivity index (χ0n) is 31.1. The van der Waals surface area contributed by atoms with E-state index in [1.807, 2.05) is 31.2 Å². The van der Waals surface area contributed by atoms with Crippen LogP contribution in [-0.2, 0) is 32.6 Å². The number of aryl methyl sites for hydroxylation is 2. The first-order valence-electron chi connectivity index (χ1n) is 18.6. The molecule has 2 aromatic heterocycles. The van der Waals surface area contributed by atoms with Gasteiger partial charge < -0.3 is 5.11 Å². The van der Waals surface area contributed by atoms with Gasteiger partial charge in [0.05, 0.1) is 38.7 Å². The number of rotatable bonds is 7. The number of amides is 4. The summed E-state index contributed by atoms with van der Waals surface area (Å²) >= 11 is 7.86. The van der Waals surface area contributed by atoms with Gasteiger partial charge in [0.25, 0.3) is 5.69 Å². The quantitative estimate of drug-likeness (QED) is 0.0751. The fraction of sp³-hybridized carbons (Fsp3) is 0.279. The van der Waals surface area contributed by atoms with E-state index in [4.69, 9.17) is 16.7 Å². The molecule has 6 unspecified atom stereocenters. The molecule has 14 heteroatoms. The summed E-state index contributed by atoms with van der Waals surface area (Å²) in [6.07, 6.45) is 4.26. The largest absolute Gasteiger partial charge is 0.507 e. The van der Waals surface area contributed by atoms with Crippen LogP contribution in [0.15, 0.2) is 91.0 Å². The van der Waals surface area contributed by atoms with Crippen LogP contribution in [0.4, 0.5) is 17.2 Å². The summed E-state index contributed by atoms with van der Waals surface area (Å²) in [4.78, 5) is 72.6. The Morgan fingerprint density at radius 2 is 1.79 bits per heavy atom. The molecule has 2 aliphatic carbocycles. The van der Waals surface area contributed by atoms with E-state index in [0.717, 1.165) is 31.0 Å². The second kappa shape index (κ2) is 13.1. The average Bonchev–Trinajstić information content (AvgIpc) is 3.86. The van der Waals surface area contributed by atoms with Crippen molar-refractivity contribution in [1.82, 2.24) is 9.78 Å². The molecule has 5 aromatic rings. The van der Waals surface area contributed by atoms with Gasteiger partial charge in [-0.1, -0.05) is 47.5 Å². The van der Waals surface area contributed by atoms with Crippen molar-refractivity contribution in [2.24, 2.45) is 36.1 Å². The molecule has 4 heterocycles. The molecule has 1 N–H and O–H groups in total. The second-order valence-corrected chi connectivity index (χ2v) is 17.0. The van der Waals surface area contributed by atoms with Gasteiger partial charge in [0.2, 0.25) is 23.6 Å². The van der Waals surface area contributed by atoms with E-state index in [1.165, 1.54) is 33.8 Å². The van der Waals surface area contributed by atoms with Crippen molar-refractivity contribution in [2.75, 3.05) is 9.80 Å². The smallest absolute Gasteiger partial charge is 0.269 e. The number of benzene rings is 3. The lowest BCUT2D eigenvalue weighted by Gasteiger charge is -2.49. The van der Waals surface area contributed by atoms with E-state index in [1.54, 1.807) is 55.6 Å². The highest BCUT2D eigenvalue weighted by atomic mass is 35.5. The fourth-order valence-electron chi connectivity index (χ4n) is 9.94. The minimum absolute atomic E-state index is 0.0192. The van der Waals surface area contributed by atoms with Crippen LogP contribution in [0, 0.1) is 46.1 Å². The maximum absolute atomic E-state index is 15.2. The standard InChI is InChI=1S/C43H36ClN5O7S/c1-5-7-22-8-6-9-28(37(22)50)36-26-15-16-27-35(41(53)47(39(27)51)24-11-13-25(14-12-24)49(55)56)30(26)19-31-40(52)48(42(54)43(31,36)3)34-20-32(45-46(34)4)38-21(2)29-18-23(44)10-17-33(29)57-38/h5-6,8-15,17-18,20,27,30-31,35-36,50H,1,7,16,19H2,2-4H3. The number of fused-ring (bicyclic) bond motifs is 5. The topological polar surface area (TPSA) is 156 Å². The molecular weight excluding hydrogens is 766 g/mol. The van der Waals surface area contributed by atoms with Crippen LogP contribution in [-0.4, -0.2) is 43.4 Å². The van der Waals surface area contributed by atoms with Crippen molar-refractivity contribution in [1.29, 1.82) is 0 Å². The Balaban J connectivity index is 1.16. The Hall–Kier alpha value is -5.92. The Morgan fingerprint density at radius 3 is 2.51 bits per heavy atom. The second-order valence-electron chi connectivity index (χ2n) is 15.5. The van der Waals surface area contributed by atoms with E-state index < -0.39 is 63.6 Å². The minimum atomic E-state index is -1.39. The molecule has 1 saturated carbocycles. The van der Waals surface area contributed by atoms with Crippen LogP contribution in [0.2, 0.25) is 5.02 Å². The van der Waals surface area contributed by atoms with Crippen LogP contribution < -0.4 is 9.80 Å². The summed E-state index contributed by atoms with van der Waals surface area (Å²) in [6.45, 7) is 7.60.